The van der Waals surface area contributed by atoms with Gasteiger partial charge in [-0.1, -0.05) is 0 Å². The molecule has 1 aromatic carbocycles. The van der Waals surface area contributed by atoms with Crippen LogP contribution in [0.25, 0.3) is 0 Å². The molecule has 0 aromatic heterocycles. The number of carbonyl (C=O) groups excluding carboxylic acids is 1. The van der Waals surface area contributed by atoms with Crippen molar-refractivity contribution in [1.82, 2.24) is 0 Å². The van der Waals surface area contributed by atoms with Gasteiger partial charge in [-0.25, -0.2) is 0 Å². The molecule has 1 rings (SSSR count). The number of carbonyl (C=O) groups is 1. The molecule has 12 heavy (non-hydrogen) atoms. The van der Waals surface area contributed by atoms with Gasteiger partial charge in [-0.15, -0.1) is 0 Å². The molecule has 0 saturated carbocycles. The Bertz CT molecular complexity index is 271. The number of esters is 1. The summed E-state index contributed by atoms with van der Waals surface area (Å²) in [4.78, 5) is 11.0. The third-order valence-corrected chi connectivity index (χ3v) is 7.27. The Labute approximate surface area is 86.7 Å². The molecule has 0 heterocycles. The van der Waals surface area contributed by atoms with E-state index in [1.54, 1.807) is 12.1 Å². The van der Waals surface area contributed by atoms with Gasteiger partial charge >= 0.3 is 87.1 Å². The molecule has 0 radical (unpaired) electrons. The van der Waals surface area contributed by atoms with Gasteiger partial charge in [0.15, 0.2) is 0 Å². The van der Waals surface area contributed by atoms with Crippen LogP contribution in [0.1, 0.15) is 10.4 Å². The fraction of sp³-hybridized carbons (Fsp3) is 0.125. The molecular weight excluding hydrogens is 364 g/mol. The molecule has 0 unspecified atom stereocenters. The van der Waals surface area contributed by atoms with E-state index in [1.807, 2.05) is 12.1 Å². The number of rotatable bonds is 2. The summed E-state index contributed by atoms with van der Waals surface area (Å²) in [5.41, 5.74) is 0.583. The van der Waals surface area contributed by atoms with Crippen molar-refractivity contribution in [3.63, 3.8) is 0 Å². The second-order valence-corrected chi connectivity index (χ2v) is 8.88. The van der Waals surface area contributed by atoms with Crippen LogP contribution >= 0.6 is 8.25 Å². The summed E-state index contributed by atoms with van der Waals surface area (Å²) < 4.78 is 5.77. The Morgan fingerprint density at radius 1 is 1.42 bits per heavy atom. The fourth-order valence-corrected chi connectivity index (χ4v) is 4.02. The van der Waals surface area contributed by atoms with Gasteiger partial charge in [-0.2, -0.15) is 0 Å². The molecule has 0 N–H and O–H groups in total. The number of ether oxygens (including phenoxy) is 1. The average molecular weight is 371 g/mol. The second-order valence-electron chi connectivity index (χ2n) is 2.32. The zero-order valence-electron chi connectivity index (χ0n) is 6.71. The summed E-state index contributed by atoms with van der Waals surface area (Å²) in [6, 6.07) is 7.31. The predicted molar refractivity (Wildman–Crippen MR) is 43.3 cm³/mol. The maximum atomic E-state index is 11.0. The summed E-state index contributed by atoms with van der Waals surface area (Å²) >= 11 is -1.29. The zero-order chi connectivity index (χ0) is 8.97. The molecule has 1 aromatic rings. The number of hydrogen-bond acceptors (Lipinski definition) is 2. The Kier molecular flexibility index (Phi) is 4.02. The van der Waals surface area contributed by atoms with Crippen LogP contribution in [0.3, 0.4) is 0 Å². The third kappa shape index (κ3) is 2.46. The molecule has 2 nitrogen and oxygen atoms in total. The van der Waals surface area contributed by atoms with Crippen molar-refractivity contribution in [2.24, 2.45) is 0 Å². The fourth-order valence-electron chi connectivity index (χ4n) is 0.848. The van der Waals surface area contributed by atoms with E-state index in [9.17, 15) is 4.79 Å². The zero-order valence-corrected chi connectivity index (χ0v) is 13.0. The van der Waals surface area contributed by atoms with Crippen LogP contribution in [0, 0.1) is 0 Å². The molecule has 0 fully saturated rings. The van der Waals surface area contributed by atoms with E-state index >= 15 is 0 Å². The molecule has 60 valence electrons. The van der Waals surface area contributed by atoms with Crippen molar-refractivity contribution in [3.05, 3.63) is 29.8 Å². The Hall–Kier alpha value is -0.0849. The van der Waals surface area contributed by atoms with Crippen molar-refractivity contribution < 1.29 is 32.9 Å². The number of hydrogen-bond donors (Lipinski definition) is 0. The number of halogens is 1. The maximum absolute atomic E-state index is 11.0. The first-order valence-corrected chi connectivity index (χ1v) is 13.0. The van der Waals surface area contributed by atoms with Gasteiger partial charge in [0, 0.05) is 0 Å². The van der Waals surface area contributed by atoms with Crippen LogP contribution in [-0.2, 0) is 28.1 Å². The summed E-state index contributed by atoms with van der Waals surface area (Å²) in [5, 5.41) is 0. The van der Waals surface area contributed by atoms with Gasteiger partial charge < -0.3 is 0 Å². The van der Waals surface area contributed by atoms with E-state index in [1.165, 1.54) is 10.2 Å². The number of benzene rings is 1. The van der Waals surface area contributed by atoms with Gasteiger partial charge in [0.1, 0.15) is 0 Å². The van der Waals surface area contributed by atoms with Crippen LogP contribution in [0.5, 0.6) is 0 Å². The Balaban J connectivity index is 2.84. The number of methoxy groups -OCH3 is 1. The molecule has 4 heteroatoms. The van der Waals surface area contributed by atoms with Crippen LogP contribution in [0.15, 0.2) is 24.3 Å². The SMILES string of the molecule is COC(=O)c1cc[c]([Hg][Cl])cc1. The molecule has 0 aliphatic rings. The Morgan fingerprint density at radius 3 is 2.42 bits per heavy atom. The van der Waals surface area contributed by atoms with Gasteiger partial charge in [0.2, 0.25) is 0 Å². The Morgan fingerprint density at radius 2 is 2.00 bits per heavy atom. The predicted octanol–water partition coefficient (Wildman–Crippen LogP) is 1.33. The van der Waals surface area contributed by atoms with Gasteiger partial charge in [0.25, 0.3) is 0 Å². The molecule has 0 spiro atoms. The summed E-state index contributed by atoms with van der Waals surface area (Å²) in [6.45, 7) is 0. The van der Waals surface area contributed by atoms with Crippen molar-refractivity contribution in [2.75, 3.05) is 7.11 Å². The van der Waals surface area contributed by atoms with Gasteiger partial charge in [0.05, 0.1) is 0 Å². The first-order valence-electron chi connectivity index (χ1n) is 3.51. The molecule has 0 bridgehead atoms. The van der Waals surface area contributed by atoms with E-state index in [2.05, 4.69) is 4.74 Å². The summed E-state index contributed by atoms with van der Waals surface area (Å²) in [6.07, 6.45) is 0. The van der Waals surface area contributed by atoms with E-state index in [0.717, 1.165) is 0 Å². The monoisotopic (exact) mass is 372 g/mol. The van der Waals surface area contributed by atoms with E-state index in [4.69, 9.17) is 8.25 Å². The van der Waals surface area contributed by atoms with Crippen molar-refractivity contribution in [1.29, 1.82) is 0 Å². The first-order chi connectivity index (χ1) is 5.77. The first kappa shape index (κ1) is 10.00. The quantitative estimate of drug-likeness (QED) is 0.580. The standard InChI is InChI=1S/C8H7O2.ClH.Hg/c1-10-8(9)7-5-3-2-4-6-7;;/h3-6H,1H3;1H;/q;;+1/p-1. The van der Waals surface area contributed by atoms with E-state index in [-0.39, 0.29) is 5.97 Å². The topological polar surface area (TPSA) is 26.3 Å². The molecule has 0 aliphatic heterocycles. The van der Waals surface area contributed by atoms with Gasteiger partial charge in [-0.05, 0) is 0 Å². The van der Waals surface area contributed by atoms with E-state index in [0.29, 0.717) is 5.56 Å². The minimum absolute atomic E-state index is 0.298. The molecule has 0 aliphatic carbocycles. The van der Waals surface area contributed by atoms with E-state index < -0.39 is 23.3 Å². The van der Waals surface area contributed by atoms with Crippen molar-refractivity contribution in [2.45, 2.75) is 0 Å². The third-order valence-electron chi connectivity index (χ3n) is 1.53. The average Bonchev–Trinajstić information content (AvgIpc) is 2.17. The normalized spacial score (nSPS) is 8.83. The van der Waals surface area contributed by atoms with Crippen LogP contribution in [-0.4, -0.2) is 13.1 Å². The van der Waals surface area contributed by atoms with Crippen molar-refractivity contribution >= 4 is 17.3 Å². The molecule has 0 amide bonds. The minimum atomic E-state index is -1.29. The van der Waals surface area contributed by atoms with Crippen LogP contribution in [0.2, 0.25) is 0 Å². The summed E-state index contributed by atoms with van der Waals surface area (Å²) in [7, 11) is 7.17. The summed E-state index contributed by atoms with van der Waals surface area (Å²) in [5.74, 6) is -0.298. The molecule has 0 saturated heterocycles. The molecule has 0 atom stereocenters. The molecular formula is C8H7ClHgO2. The van der Waals surface area contributed by atoms with Crippen molar-refractivity contribution in [3.8, 4) is 0 Å². The second kappa shape index (κ2) is 4.82. The van der Waals surface area contributed by atoms with Gasteiger partial charge in [-0.3, -0.25) is 0 Å². The van der Waals surface area contributed by atoms with Crippen LogP contribution in [0.4, 0.5) is 0 Å². The van der Waals surface area contributed by atoms with Crippen LogP contribution < -0.4 is 3.07 Å².